The number of ether oxygens (including phenoxy) is 1. The topological polar surface area (TPSA) is 45.0 Å². The summed E-state index contributed by atoms with van der Waals surface area (Å²) in [5, 5.41) is 12.1. The van der Waals surface area contributed by atoms with E-state index in [1.165, 1.54) is 13.2 Å². The van der Waals surface area contributed by atoms with Gasteiger partial charge in [0.05, 0.1) is 18.4 Å². The Balaban J connectivity index is 2.15. The number of aryl methyl sites for hydroxylation is 1. The fraction of sp³-hybridized carbons (Fsp3) is 0.188. The van der Waals surface area contributed by atoms with E-state index in [0.717, 1.165) is 11.1 Å². The van der Waals surface area contributed by atoms with Crippen molar-refractivity contribution in [3.05, 3.63) is 58.9 Å². The predicted octanol–water partition coefficient (Wildman–Crippen LogP) is 3.63. The monoisotopic (exact) mass is 270 g/mol. The number of benzene rings is 2. The molecule has 0 aliphatic carbocycles. The van der Waals surface area contributed by atoms with Gasteiger partial charge in [-0.2, -0.15) is 5.26 Å². The predicted molar refractivity (Wildman–Crippen MR) is 76.2 cm³/mol. The van der Waals surface area contributed by atoms with Crippen LogP contribution in [-0.4, -0.2) is 7.11 Å². The molecule has 3 nitrogen and oxygen atoms in total. The third-order valence-electron chi connectivity index (χ3n) is 2.99. The van der Waals surface area contributed by atoms with Crippen LogP contribution in [0.2, 0.25) is 0 Å². The van der Waals surface area contributed by atoms with Crippen LogP contribution in [0.1, 0.15) is 16.7 Å². The summed E-state index contributed by atoms with van der Waals surface area (Å²) in [6.07, 6.45) is 0. The maximum atomic E-state index is 13.6. The average molecular weight is 270 g/mol. The summed E-state index contributed by atoms with van der Waals surface area (Å²) in [7, 11) is 1.52. The first-order valence-corrected chi connectivity index (χ1v) is 6.21. The van der Waals surface area contributed by atoms with E-state index in [4.69, 9.17) is 10.00 Å². The lowest BCUT2D eigenvalue weighted by molar-refractivity contribution is 0.413. The van der Waals surface area contributed by atoms with Gasteiger partial charge in [-0.05, 0) is 42.3 Å². The molecule has 0 fully saturated rings. The van der Waals surface area contributed by atoms with E-state index in [0.29, 0.717) is 23.5 Å². The Morgan fingerprint density at radius 1 is 1.25 bits per heavy atom. The highest BCUT2D eigenvalue weighted by Crippen LogP contribution is 2.21. The Morgan fingerprint density at radius 2 is 2.05 bits per heavy atom. The lowest BCUT2D eigenvalue weighted by atomic mass is 10.1. The minimum absolute atomic E-state index is 0.287. The zero-order valence-electron chi connectivity index (χ0n) is 11.4. The second-order valence-electron chi connectivity index (χ2n) is 4.48. The molecular formula is C16H15FN2O. The molecule has 2 aromatic carbocycles. The quantitative estimate of drug-likeness (QED) is 0.922. The van der Waals surface area contributed by atoms with E-state index in [1.807, 2.05) is 13.0 Å². The van der Waals surface area contributed by atoms with Crippen LogP contribution in [-0.2, 0) is 6.54 Å². The minimum Gasteiger partial charge on any atom is -0.495 e. The fourth-order valence-corrected chi connectivity index (χ4v) is 1.92. The number of methoxy groups -OCH3 is 1. The van der Waals surface area contributed by atoms with Crippen LogP contribution < -0.4 is 10.1 Å². The molecule has 0 aliphatic rings. The second kappa shape index (κ2) is 6.07. The van der Waals surface area contributed by atoms with Crippen LogP contribution in [0.3, 0.4) is 0 Å². The highest BCUT2D eigenvalue weighted by Gasteiger charge is 2.05. The number of halogens is 1. The van der Waals surface area contributed by atoms with Gasteiger partial charge in [0.2, 0.25) is 0 Å². The largest absolute Gasteiger partial charge is 0.495 e. The van der Waals surface area contributed by atoms with Crippen LogP contribution >= 0.6 is 0 Å². The number of nitriles is 1. The van der Waals surface area contributed by atoms with E-state index in [-0.39, 0.29) is 5.82 Å². The smallest absolute Gasteiger partial charge is 0.146 e. The van der Waals surface area contributed by atoms with Gasteiger partial charge in [0.25, 0.3) is 0 Å². The lowest BCUT2D eigenvalue weighted by Crippen LogP contribution is -2.02. The summed E-state index contributed by atoms with van der Waals surface area (Å²) in [5.74, 6) is 0.252. The highest BCUT2D eigenvalue weighted by molar-refractivity contribution is 5.49. The molecule has 0 aromatic heterocycles. The van der Waals surface area contributed by atoms with Crippen molar-refractivity contribution in [2.24, 2.45) is 0 Å². The normalized spacial score (nSPS) is 9.90. The third kappa shape index (κ3) is 3.07. The fourth-order valence-electron chi connectivity index (χ4n) is 1.92. The first kappa shape index (κ1) is 13.9. The molecule has 0 saturated heterocycles. The van der Waals surface area contributed by atoms with E-state index < -0.39 is 0 Å². The van der Waals surface area contributed by atoms with Gasteiger partial charge in [-0.1, -0.05) is 12.1 Å². The number of nitrogens with zero attached hydrogens (tertiary/aromatic N) is 1. The zero-order valence-corrected chi connectivity index (χ0v) is 11.4. The highest BCUT2D eigenvalue weighted by atomic mass is 19.1. The third-order valence-corrected chi connectivity index (χ3v) is 2.99. The molecule has 0 spiro atoms. The summed E-state index contributed by atoms with van der Waals surface area (Å²) in [6.45, 7) is 2.35. The van der Waals surface area contributed by atoms with Crippen molar-refractivity contribution in [3.8, 4) is 11.8 Å². The SMILES string of the molecule is COc1ccc(CNc2cc(C)ccc2F)cc1C#N. The molecule has 0 heterocycles. The molecule has 0 aliphatic heterocycles. The number of hydrogen-bond acceptors (Lipinski definition) is 3. The van der Waals surface area contributed by atoms with E-state index in [1.54, 1.807) is 24.3 Å². The van der Waals surface area contributed by atoms with Crippen LogP contribution in [0.25, 0.3) is 0 Å². The molecule has 0 bridgehead atoms. The molecule has 2 rings (SSSR count). The van der Waals surface area contributed by atoms with Crippen LogP contribution in [0.15, 0.2) is 36.4 Å². The van der Waals surface area contributed by atoms with Crippen molar-refractivity contribution in [1.82, 2.24) is 0 Å². The van der Waals surface area contributed by atoms with Gasteiger partial charge in [-0.25, -0.2) is 4.39 Å². The maximum Gasteiger partial charge on any atom is 0.146 e. The molecule has 0 amide bonds. The van der Waals surface area contributed by atoms with Gasteiger partial charge < -0.3 is 10.1 Å². The molecule has 0 atom stereocenters. The molecule has 1 N–H and O–H groups in total. The molecule has 4 heteroatoms. The Hall–Kier alpha value is -2.54. The van der Waals surface area contributed by atoms with E-state index >= 15 is 0 Å². The Morgan fingerprint density at radius 3 is 2.75 bits per heavy atom. The number of anilines is 1. The Kier molecular flexibility index (Phi) is 4.21. The Labute approximate surface area is 117 Å². The van der Waals surface area contributed by atoms with Gasteiger partial charge in [-0.15, -0.1) is 0 Å². The van der Waals surface area contributed by atoms with Gasteiger partial charge in [-0.3, -0.25) is 0 Å². The summed E-state index contributed by atoms with van der Waals surface area (Å²) in [4.78, 5) is 0. The molecule has 2 aromatic rings. The number of hydrogen-bond donors (Lipinski definition) is 1. The molecule has 102 valence electrons. The van der Waals surface area contributed by atoms with E-state index in [9.17, 15) is 4.39 Å². The first-order chi connectivity index (χ1) is 9.63. The van der Waals surface area contributed by atoms with Crippen molar-refractivity contribution < 1.29 is 9.13 Å². The van der Waals surface area contributed by atoms with Crippen molar-refractivity contribution in [3.63, 3.8) is 0 Å². The number of rotatable bonds is 4. The lowest BCUT2D eigenvalue weighted by Gasteiger charge is -2.10. The van der Waals surface area contributed by atoms with Gasteiger partial charge in [0, 0.05) is 6.54 Å². The summed E-state index contributed by atoms with van der Waals surface area (Å²) in [6, 6.07) is 12.3. The van der Waals surface area contributed by atoms with Crippen LogP contribution in [0.4, 0.5) is 10.1 Å². The van der Waals surface area contributed by atoms with Crippen molar-refractivity contribution in [2.45, 2.75) is 13.5 Å². The molecular weight excluding hydrogens is 255 g/mol. The average Bonchev–Trinajstić information content (AvgIpc) is 2.47. The van der Waals surface area contributed by atoms with Crippen molar-refractivity contribution in [1.29, 1.82) is 5.26 Å². The van der Waals surface area contributed by atoms with Gasteiger partial charge in [0.1, 0.15) is 17.6 Å². The molecule has 0 saturated carbocycles. The van der Waals surface area contributed by atoms with Gasteiger partial charge in [0.15, 0.2) is 0 Å². The van der Waals surface area contributed by atoms with Gasteiger partial charge >= 0.3 is 0 Å². The zero-order chi connectivity index (χ0) is 14.5. The second-order valence-corrected chi connectivity index (χ2v) is 4.48. The Bertz CT molecular complexity index is 662. The number of nitrogens with one attached hydrogen (secondary N) is 1. The van der Waals surface area contributed by atoms with E-state index in [2.05, 4.69) is 11.4 Å². The minimum atomic E-state index is -0.287. The van der Waals surface area contributed by atoms with Crippen molar-refractivity contribution in [2.75, 3.05) is 12.4 Å². The van der Waals surface area contributed by atoms with Crippen LogP contribution in [0.5, 0.6) is 5.75 Å². The molecule has 20 heavy (non-hydrogen) atoms. The first-order valence-electron chi connectivity index (χ1n) is 6.21. The van der Waals surface area contributed by atoms with Crippen molar-refractivity contribution >= 4 is 5.69 Å². The maximum absolute atomic E-state index is 13.6. The summed E-state index contributed by atoms with van der Waals surface area (Å²) in [5.41, 5.74) is 2.81. The molecule has 0 unspecified atom stereocenters. The van der Waals surface area contributed by atoms with Crippen LogP contribution in [0, 0.1) is 24.1 Å². The summed E-state index contributed by atoms with van der Waals surface area (Å²) < 4.78 is 18.7. The standard InChI is InChI=1S/C16H15FN2O/c1-11-3-5-14(17)15(7-11)19-10-12-4-6-16(20-2)13(8-12)9-18/h3-8,19H,10H2,1-2H3. The molecule has 0 radical (unpaired) electrons. The summed E-state index contributed by atoms with van der Waals surface area (Å²) >= 11 is 0.